The first-order valence-electron chi connectivity index (χ1n) is 6.05. The SMILES string of the molecule is Nc1ncnc(NCc2ccc3c(c2)CC(=O)N3)c1Cl. The molecule has 1 aromatic heterocycles. The topological polar surface area (TPSA) is 92.9 Å². The maximum absolute atomic E-state index is 11.3. The first kappa shape index (κ1) is 12.7. The Morgan fingerprint density at radius 3 is 3.10 bits per heavy atom. The number of nitrogen functional groups attached to an aromatic ring is 1. The number of amides is 1. The van der Waals surface area contributed by atoms with E-state index < -0.39 is 0 Å². The molecule has 0 unspecified atom stereocenters. The number of rotatable bonds is 3. The molecule has 0 spiro atoms. The Labute approximate surface area is 120 Å². The summed E-state index contributed by atoms with van der Waals surface area (Å²) in [5.74, 6) is 0.763. The van der Waals surface area contributed by atoms with Gasteiger partial charge in [0.1, 0.15) is 17.2 Å². The molecule has 0 saturated heterocycles. The number of hydrogen-bond acceptors (Lipinski definition) is 5. The zero-order valence-electron chi connectivity index (χ0n) is 10.5. The van der Waals surface area contributed by atoms with Crippen LogP contribution in [0.15, 0.2) is 24.5 Å². The Bertz CT molecular complexity index is 688. The number of nitrogens with two attached hydrogens (primary N) is 1. The van der Waals surface area contributed by atoms with Gasteiger partial charge in [0, 0.05) is 12.2 Å². The van der Waals surface area contributed by atoms with E-state index in [2.05, 4.69) is 20.6 Å². The second-order valence-corrected chi connectivity index (χ2v) is 4.87. The Morgan fingerprint density at radius 2 is 2.25 bits per heavy atom. The average Bonchev–Trinajstić information content (AvgIpc) is 2.79. The molecule has 0 bridgehead atoms. The molecule has 3 rings (SSSR count). The summed E-state index contributed by atoms with van der Waals surface area (Å²) in [6, 6.07) is 5.82. The van der Waals surface area contributed by atoms with Gasteiger partial charge in [0.05, 0.1) is 6.42 Å². The Balaban J connectivity index is 1.75. The van der Waals surface area contributed by atoms with Crippen LogP contribution in [0, 0.1) is 0 Å². The van der Waals surface area contributed by atoms with Crippen molar-refractivity contribution in [3.63, 3.8) is 0 Å². The number of hydrogen-bond donors (Lipinski definition) is 3. The van der Waals surface area contributed by atoms with E-state index in [0.717, 1.165) is 16.8 Å². The molecule has 1 amide bonds. The van der Waals surface area contributed by atoms with Gasteiger partial charge in [0.25, 0.3) is 0 Å². The third-order valence-corrected chi connectivity index (χ3v) is 3.44. The van der Waals surface area contributed by atoms with Crippen molar-refractivity contribution in [2.75, 3.05) is 16.4 Å². The van der Waals surface area contributed by atoms with Crippen molar-refractivity contribution >= 4 is 34.8 Å². The zero-order chi connectivity index (χ0) is 14.1. The van der Waals surface area contributed by atoms with Crippen molar-refractivity contribution in [2.45, 2.75) is 13.0 Å². The van der Waals surface area contributed by atoms with Gasteiger partial charge in [0.2, 0.25) is 5.91 Å². The predicted octanol–water partition coefficient (Wildman–Crippen LogP) is 1.82. The van der Waals surface area contributed by atoms with E-state index in [-0.39, 0.29) is 11.7 Å². The van der Waals surface area contributed by atoms with Crippen LogP contribution in [-0.2, 0) is 17.8 Å². The number of halogens is 1. The van der Waals surface area contributed by atoms with E-state index in [1.54, 1.807) is 0 Å². The monoisotopic (exact) mass is 289 g/mol. The number of nitrogens with one attached hydrogen (secondary N) is 2. The first-order chi connectivity index (χ1) is 9.63. The number of fused-ring (bicyclic) bond motifs is 1. The van der Waals surface area contributed by atoms with Gasteiger partial charge in [-0.3, -0.25) is 4.79 Å². The summed E-state index contributed by atoms with van der Waals surface area (Å²) < 4.78 is 0. The minimum absolute atomic E-state index is 0.0247. The Kier molecular flexibility index (Phi) is 3.15. The average molecular weight is 290 g/mol. The van der Waals surface area contributed by atoms with Crippen molar-refractivity contribution in [1.82, 2.24) is 9.97 Å². The molecular weight excluding hydrogens is 278 g/mol. The predicted molar refractivity (Wildman–Crippen MR) is 77.6 cm³/mol. The molecule has 1 aliphatic heterocycles. The largest absolute Gasteiger partial charge is 0.382 e. The number of aromatic nitrogens is 2. The second-order valence-electron chi connectivity index (χ2n) is 4.49. The summed E-state index contributed by atoms with van der Waals surface area (Å²) in [6.45, 7) is 0.539. The summed E-state index contributed by atoms with van der Waals surface area (Å²) in [4.78, 5) is 19.1. The van der Waals surface area contributed by atoms with E-state index in [9.17, 15) is 4.79 Å². The lowest BCUT2D eigenvalue weighted by atomic mass is 10.1. The first-order valence-corrected chi connectivity index (χ1v) is 6.43. The maximum atomic E-state index is 11.3. The smallest absolute Gasteiger partial charge is 0.228 e. The lowest BCUT2D eigenvalue weighted by Gasteiger charge is -2.09. The van der Waals surface area contributed by atoms with Crippen LogP contribution in [0.2, 0.25) is 5.02 Å². The lowest BCUT2D eigenvalue weighted by Crippen LogP contribution is -2.04. The number of benzene rings is 1. The van der Waals surface area contributed by atoms with Crippen molar-refractivity contribution in [2.24, 2.45) is 0 Å². The maximum Gasteiger partial charge on any atom is 0.228 e. The summed E-state index contributed by atoms with van der Waals surface area (Å²) in [5.41, 5.74) is 8.53. The molecule has 0 aliphatic carbocycles. The number of carbonyl (C=O) groups is 1. The van der Waals surface area contributed by atoms with Crippen LogP contribution < -0.4 is 16.4 Å². The summed E-state index contributed by atoms with van der Waals surface area (Å²) >= 11 is 6.01. The summed E-state index contributed by atoms with van der Waals surface area (Å²) in [7, 11) is 0. The molecule has 1 aromatic carbocycles. The normalized spacial score (nSPS) is 12.9. The molecule has 2 heterocycles. The molecule has 6 nitrogen and oxygen atoms in total. The number of carbonyl (C=O) groups excluding carboxylic acids is 1. The van der Waals surface area contributed by atoms with Crippen LogP contribution in [0.5, 0.6) is 0 Å². The molecule has 2 aromatic rings. The fourth-order valence-corrected chi connectivity index (χ4v) is 2.25. The van der Waals surface area contributed by atoms with Crippen molar-refractivity contribution in [3.05, 3.63) is 40.7 Å². The number of anilines is 3. The van der Waals surface area contributed by atoms with Crippen molar-refractivity contribution < 1.29 is 4.79 Å². The van der Waals surface area contributed by atoms with Gasteiger partial charge in [-0.1, -0.05) is 23.7 Å². The fourth-order valence-electron chi connectivity index (χ4n) is 2.09. The summed E-state index contributed by atoms with van der Waals surface area (Å²) in [6.07, 6.45) is 1.78. The molecule has 0 fully saturated rings. The molecule has 0 saturated carbocycles. The van der Waals surface area contributed by atoms with Gasteiger partial charge in [-0.2, -0.15) is 0 Å². The minimum atomic E-state index is 0.0247. The third-order valence-electron chi connectivity index (χ3n) is 3.07. The quantitative estimate of drug-likeness (QED) is 0.801. The van der Waals surface area contributed by atoms with Crippen LogP contribution in [0.4, 0.5) is 17.3 Å². The zero-order valence-corrected chi connectivity index (χ0v) is 11.2. The molecular formula is C13H12ClN5O. The van der Waals surface area contributed by atoms with E-state index >= 15 is 0 Å². The van der Waals surface area contributed by atoms with Crippen LogP contribution in [-0.4, -0.2) is 15.9 Å². The van der Waals surface area contributed by atoms with Gasteiger partial charge < -0.3 is 16.4 Å². The van der Waals surface area contributed by atoms with Crippen LogP contribution in [0.3, 0.4) is 0 Å². The fraction of sp³-hybridized carbons (Fsp3) is 0.154. The molecule has 7 heteroatoms. The Morgan fingerprint density at radius 1 is 1.40 bits per heavy atom. The molecule has 0 radical (unpaired) electrons. The van der Waals surface area contributed by atoms with E-state index in [0.29, 0.717) is 23.8 Å². The number of nitrogens with zero attached hydrogens (tertiary/aromatic N) is 2. The standard InChI is InChI=1S/C13H12ClN5O/c14-11-12(15)17-6-18-13(11)16-5-7-1-2-9-8(3-7)4-10(20)19-9/h1-3,6H,4-5H2,(H,19,20)(H3,15,16,17,18). The van der Waals surface area contributed by atoms with Crippen molar-refractivity contribution in [1.29, 1.82) is 0 Å². The second kappa shape index (κ2) is 4.97. The van der Waals surface area contributed by atoms with Crippen molar-refractivity contribution in [3.8, 4) is 0 Å². The van der Waals surface area contributed by atoms with Gasteiger partial charge in [-0.05, 0) is 17.2 Å². The highest BCUT2D eigenvalue weighted by molar-refractivity contribution is 6.35. The van der Waals surface area contributed by atoms with Gasteiger partial charge in [-0.25, -0.2) is 9.97 Å². The van der Waals surface area contributed by atoms with Gasteiger partial charge in [-0.15, -0.1) is 0 Å². The van der Waals surface area contributed by atoms with E-state index in [1.807, 2.05) is 18.2 Å². The summed E-state index contributed by atoms with van der Waals surface area (Å²) in [5, 5.41) is 6.21. The van der Waals surface area contributed by atoms with Gasteiger partial charge >= 0.3 is 0 Å². The highest BCUT2D eigenvalue weighted by atomic mass is 35.5. The minimum Gasteiger partial charge on any atom is -0.382 e. The molecule has 4 N–H and O–H groups in total. The molecule has 20 heavy (non-hydrogen) atoms. The van der Waals surface area contributed by atoms with Gasteiger partial charge in [0.15, 0.2) is 5.82 Å². The van der Waals surface area contributed by atoms with E-state index in [4.69, 9.17) is 17.3 Å². The lowest BCUT2D eigenvalue weighted by molar-refractivity contribution is -0.115. The van der Waals surface area contributed by atoms with Crippen LogP contribution in [0.1, 0.15) is 11.1 Å². The van der Waals surface area contributed by atoms with Crippen LogP contribution >= 0.6 is 11.6 Å². The molecule has 102 valence electrons. The third kappa shape index (κ3) is 2.37. The molecule has 0 atom stereocenters. The van der Waals surface area contributed by atoms with Crippen LogP contribution in [0.25, 0.3) is 0 Å². The van der Waals surface area contributed by atoms with E-state index in [1.165, 1.54) is 6.33 Å². The highest BCUT2D eigenvalue weighted by Gasteiger charge is 2.17. The molecule has 1 aliphatic rings. The Hall–Kier alpha value is -2.34. The highest BCUT2D eigenvalue weighted by Crippen LogP contribution is 2.26.